The van der Waals surface area contributed by atoms with Gasteiger partial charge < -0.3 is 10.4 Å². The van der Waals surface area contributed by atoms with Crippen molar-refractivity contribution in [3.8, 4) is 0 Å². The molecular formula is C16H18N6O2. The number of carbonyl (C=O) groups is 1. The second-order valence-electron chi connectivity index (χ2n) is 6.30. The van der Waals surface area contributed by atoms with Crippen LogP contribution in [-0.2, 0) is 7.05 Å². The van der Waals surface area contributed by atoms with Crippen molar-refractivity contribution in [1.29, 1.82) is 0 Å². The van der Waals surface area contributed by atoms with Gasteiger partial charge in [-0.2, -0.15) is 5.10 Å². The van der Waals surface area contributed by atoms with Gasteiger partial charge in [-0.05, 0) is 30.9 Å². The van der Waals surface area contributed by atoms with Gasteiger partial charge in [0.2, 0.25) is 0 Å². The number of aromatic nitrogens is 5. The van der Waals surface area contributed by atoms with E-state index < -0.39 is 0 Å². The monoisotopic (exact) mass is 326 g/mol. The predicted octanol–water partition coefficient (Wildman–Crippen LogP) is 0.705. The van der Waals surface area contributed by atoms with Crippen molar-refractivity contribution in [2.75, 3.05) is 0 Å². The highest BCUT2D eigenvalue weighted by atomic mass is 16.3. The van der Waals surface area contributed by atoms with Gasteiger partial charge in [-0.1, -0.05) is 0 Å². The first-order valence-corrected chi connectivity index (χ1v) is 7.87. The average Bonchev–Trinajstić information content (AvgIpc) is 3.17. The first-order chi connectivity index (χ1) is 11.6. The molecule has 1 saturated carbocycles. The zero-order valence-electron chi connectivity index (χ0n) is 13.2. The van der Waals surface area contributed by atoms with Crippen LogP contribution in [0.3, 0.4) is 0 Å². The van der Waals surface area contributed by atoms with Gasteiger partial charge in [-0.25, -0.2) is 0 Å². The van der Waals surface area contributed by atoms with Gasteiger partial charge in [0.05, 0.1) is 18.3 Å². The summed E-state index contributed by atoms with van der Waals surface area (Å²) in [6, 6.07) is 3.28. The minimum Gasteiger partial charge on any atom is -0.393 e. The van der Waals surface area contributed by atoms with Crippen molar-refractivity contribution < 1.29 is 9.90 Å². The number of pyridine rings is 1. The van der Waals surface area contributed by atoms with Crippen molar-refractivity contribution >= 4 is 11.6 Å². The minimum absolute atomic E-state index is 0.163. The second kappa shape index (κ2) is 5.72. The molecule has 8 nitrogen and oxygen atoms in total. The fraction of sp³-hybridized carbons (Fsp3) is 0.375. The Morgan fingerprint density at radius 2 is 2.29 bits per heavy atom. The molecule has 3 aromatic rings. The SMILES string of the molecule is Cn1cc([C@@H](NC(=O)c2ccn3cnnc3c2)C2CC(O)C2)cn1. The average molecular weight is 326 g/mol. The Morgan fingerprint density at radius 3 is 3.00 bits per heavy atom. The zero-order chi connectivity index (χ0) is 16.7. The molecule has 1 aliphatic rings. The second-order valence-corrected chi connectivity index (χ2v) is 6.30. The summed E-state index contributed by atoms with van der Waals surface area (Å²) < 4.78 is 3.46. The summed E-state index contributed by atoms with van der Waals surface area (Å²) in [5.74, 6) is 0.0423. The lowest BCUT2D eigenvalue weighted by Gasteiger charge is -2.37. The van der Waals surface area contributed by atoms with Crippen molar-refractivity contribution in [2.24, 2.45) is 13.0 Å². The van der Waals surface area contributed by atoms with E-state index in [1.54, 1.807) is 39.9 Å². The van der Waals surface area contributed by atoms with E-state index in [9.17, 15) is 9.90 Å². The zero-order valence-corrected chi connectivity index (χ0v) is 13.2. The van der Waals surface area contributed by atoms with E-state index in [0.29, 0.717) is 24.1 Å². The van der Waals surface area contributed by atoms with Crippen molar-refractivity contribution in [3.63, 3.8) is 0 Å². The molecule has 0 aliphatic heterocycles. The van der Waals surface area contributed by atoms with E-state index in [-0.39, 0.29) is 24.0 Å². The quantitative estimate of drug-likeness (QED) is 0.736. The van der Waals surface area contributed by atoms with Crippen molar-refractivity contribution in [1.82, 2.24) is 29.7 Å². The molecule has 0 saturated heterocycles. The van der Waals surface area contributed by atoms with Gasteiger partial charge in [0.25, 0.3) is 5.91 Å². The summed E-state index contributed by atoms with van der Waals surface area (Å²) in [5.41, 5.74) is 2.11. The number of fused-ring (bicyclic) bond motifs is 1. The summed E-state index contributed by atoms with van der Waals surface area (Å²) in [4.78, 5) is 12.7. The number of nitrogens with one attached hydrogen (secondary N) is 1. The summed E-state index contributed by atoms with van der Waals surface area (Å²) >= 11 is 0. The van der Waals surface area contributed by atoms with Crippen LogP contribution in [0.25, 0.3) is 5.65 Å². The van der Waals surface area contributed by atoms with E-state index in [4.69, 9.17) is 0 Å². The Hall–Kier alpha value is -2.74. The third-order valence-corrected chi connectivity index (χ3v) is 4.55. The Morgan fingerprint density at radius 1 is 1.46 bits per heavy atom. The molecule has 1 fully saturated rings. The molecule has 3 aromatic heterocycles. The molecular weight excluding hydrogens is 308 g/mol. The molecule has 8 heteroatoms. The van der Waals surface area contributed by atoms with Crippen molar-refractivity contribution in [3.05, 3.63) is 48.2 Å². The summed E-state index contributed by atoms with van der Waals surface area (Å²) in [6.07, 6.45) is 8.10. The van der Waals surface area contributed by atoms with Crippen LogP contribution in [0.15, 0.2) is 37.1 Å². The largest absolute Gasteiger partial charge is 0.393 e. The molecule has 24 heavy (non-hydrogen) atoms. The predicted molar refractivity (Wildman–Crippen MR) is 85.1 cm³/mol. The lowest BCUT2D eigenvalue weighted by molar-refractivity contribution is 0.0235. The highest BCUT2D eigenvalue weighted by molar-refractivity contribution is 5.95. The van der Waals surface area contributed by atoms with Gasteiger partial charge in [-0.15, -0.1) is 10.2 Å². The van der Waals surface area contributed by atoms with Gasteiger partial charge in [0, 0.05) is 30.6 Å². The molecule has 4 rings (SSSR count). The maximum absolute atomic E-state index is 12.7. The van der Waals surface area contributed by atoms with Gasteiger partial charge in [0.15, 0.2) is 5.65 Å². The molecule has 0 aromatic carbocycles. The lowest BCUT2D eigenvalue weighted by atomic mass is 9.75. The Labute approximate surface area is 138 Å². The van der Waals surface area contributed by atoms with Crippen LogP contribution in [0.4, 0.5) is 0 Å². The summed E-state index contributed by atoms with van der Waals surface area (Å²) in [5, 5.41) is 24.7. The van der Waals surface area contributed by atoms with E-state index in [2.05, 4.69) is 20.6 Å². The van der Waals surface area contributed by atoms with Gasteiger partial charge in [-0.3, -0.25) is 13.9 Å². The molecule has 0 bridgehead atoms. The number of carbonyl (C=O) groups excluding carboxylic acids is 1. The van der Waals surface area contributed by atoms with Gasteiger partial charge >= 0.3 is 0 Å². The topological polar surface area (TPSA) is 97.3 Å². The van der Waals surface area contributed by atoms with Crippen LogP contribution in [-0.4, -0.2) is 41.5 Å². The van der Waals surface area contributed by atoms with Crippen LogP contribution >= 0.6 is 0 Å². The van der Waals surface area contributed by atoms with E-state index >= 15 is 0 Å². The Balaban J connectivity index is 1.58. The molecule has 124 valence electrons. The first kappa shape index (κ1) is 14.8. The smallest absolute Gasteiger partial charge is 0.251 e. The standard InChI is InChI=1S/C16H18N6O2/c1-21-8-12(7-18-21)15(11-4-13(23)5-11)19-16(24)10-2-3-22-9-17-20-14(22)6-10/h2-3,6-9,11,13,15,23H,4-5H2,1H3,(H,19,24)/t11?,13?,15-/m0/s1. The number of aliphatic hydroxyl groups is 1. The number of nitrogens with zero attached hydrogens (tertiary/aromatic N) is 5. The number of aryl methyl sites for hydroxylation is 1. The fourth-order valence-electron chi connectivity index (χ4n) is 3.16. The third-order valence-electron chi connectivity index (χ3n) is 4.55. The Kier molecular flexibility index (Phi) is 3.53. The highest BCUT2D eigenvalue weighted by Gasteiger charge is 2.36. The molecule has 0 spiro atoms. The molecule has 3 heterocycles. The highest BCUT2D eigenvalue weighted by Crippen LogP contribution is 2.38. The molecule has 1 atom stereocenters. The summed E-state index contributed by atoms with van der Waals surface area (Å²) in [6.45, 7) is 0. The summed E-state index contributed by atoms with van der Waals surface area (Å²) in [7, 11) is 1.84. The number of amides is 1. The normalized spacial score (nSPS) is 21.4. The Bertz CT molecular complexity index is 879. The maximum Gasteiger partial charge on any atom is 0.251 e. The molecule has 2 N–H and O–H groups in total. The van der Waals surface area contributed by atoms with Crippen LogP contribution in [0, 0.1) is 5.92 Å². The van der Waals surface area contributed by atoms with Crippen LogP contribution in [0.1, 0.15) is 34.8 Å². The van der Waals surface area contributed by atoms with Crippen molar-refractivity contribution in [2.45, 2.75) is 25.0 Å². The van der Waals surface area contributed by atoms with E-state index in [1.807, 2.05) is 13.2 Å². The number of hydrogen-bond acceptors (Lipinski definition) is 5. The molecule has 1 amide bonds. The van der Waals surface area contributed by atoms with Crippen LogP contribution in [0.2, 0.25) is 0 Å². The number of rotatable bonds is 4. The van der Waals surface area contributed by atoms with E-state index in [0.717, 1.165) is 5.56 Å². The molecule has 0 unspecified atom stereocenters. The number of hydrogen-bond donors (Lipinski definition) is 2. The minimum atomic E-state index is -0.279. The van der Waals surface area contributed by atoms with E-state index in [1.165, 1.54) is 0 Å². The van der Waals surface area contributed by atoms with Crippen LogP contribution in [0.5, 0.6) is 0 Å². The van der Waals surface area contributed by atoms with Crippen LogP contribution < -0.4 is 5.32 Å². The maximum atomic E-state index is 12.7. The molecule has 1 aliphatic carbocycles. The molecule has 0 radical (unpaired) electrons. The van der Waals surface area contributed by atoms with Gasteiger partial charge in [0.1, 0.15) is 6.33 Å². The third kappa shape index (κ3) is 2.65. The fourth-order valence-corrected chi connectivity index (χ4v) is 3.16. The lowest BCUT2D eigenvalue weighted by Crippen LogP contribution is -2.41. The first-order valence-electron chi connectivity index (χ1n) is 7.87. The number of aliphatic hydroxyl groups excluding tert-OH is 1.